The van der Waals surface area contributed by atoms with Crippen molar-refractivity contribution in [2.75, 3.05) is 18.4 Å². The molecule has 2 N–H and O–H groups in total. The maximum Gasteiger partial charge on any atom is 0.303 e. The lowest BCUT2D eigenvalue weighted by Crippen LogP contribution is -2.39. The van der Waals surface area contributed by atoms with Crippen molar-refractivity contribution >= 4 is 17.7 Å². The number of nitrogens with one attached hydrogen (secondary N) is 1. The summed E-state index contributed by atoms with van der Waals surface area (Å²) in [5.41, 5.74) is 0. The second-order valence-corrected chi connectivity index (χ2v) is 5.30. The minimum absolute atomic E-state index is 0.0740. The number of carbonyl (C=O) groups is 2. The third-order valence-electron chi connectivity index (χ3n) is 3.28. The Labute approximate surface area is 131 Å². The molecule has 1 amide bonds. The predicted octanol–water partition coefficient (Wildman–Crippen LogP) is 2.38. The van der Waals surface area contributed by atoms with Gasteiger partial charge in [-0.2, -0.15) is 0 Å². The molecular weight excluding hydrogens is 282 g/mol. The highest BCUT2D eigenvalue weighted by molar-refractivity contribution is 5.75. The van der Waals surface area contributed by atoms with Gasteiger partial charge in [-0.15, -0.1) is 0 Å². The second-order valence-electron chi connectivity index (χ2n) is 5.30. The highest BCUT2D eigenvalue weighted by Gasteiger charge is 2.15. The van der Waals surface area contributed by atoms with Crippen molar-refractivity contribution in [1.82, 2.24) is 9.88 Å². The Morgan fingerprint density at radius 2 is 2.14 bits per heavy atom. The minimum Gasteiger partial charge on any atom is -0.481 e. The van der Waals surface area contributed by atoms with Crippen LogP contribution >= 0.6 is 0 Å². The number of aliphatic carboxylic acids is 1. The number of carboxylic acids is 1. The van der Waals surface area contributed by atoms with Crippen molar-refractivity contribution in [3.05, 3.63) is 24.4 Å². The number of anilines is 1. The average molecular weight is 307 g/mol. The van der Waals surface area contributed by atoms with Crippen LogP contribution in [0.5, 0.6) is 0 Å². The molecule has 1 unspecified atom stereocenters. The van der Waals surface area contributed by atoms with Gasteiger partial charge in [-0.25, -0.2) is 4.98 Å². The van der Waals surface area contributed by atoms with Gasteiger partial charge in [0.2, 0.25) is 5.91 Å². The first-order valence-electron chi connectivity index (χ1n) is 7.70. The van der Waals surface area contributed by atoms with E-state index < -0.39 is 5.97 Å². The normalized spacial score (nSPS) is 11.7. The molecule has 0 radical (unpaired) electrons. The van der Waals surface area contributed by atoms with E-state index in [4.69, 9.17) is 5.11 Å². The first-order chi connectivity index (χ1) is 10.5. The molecule has 1 aromatic heterocycles. The predicted molar refractivity (Wildman–Crippen MR) is 85.7 cm³/mol. The van der Waals surface area contributed by atoms with Crippen molar-refractivity contribution in [2.45, 2.75) is 45.6 Å². The number of aromatic nitrogens is 1. The van der Waals surface area contributed by atoms with Crippen LogP contribution in [0.25, 0.3) is 0 Å². The third-order valence-corrected chi connectivity index (χ3v) is 3.28. The zero-order valence-electron chi connectivity index (χ0n) is 13.3. The summed E-state index contributed by atoms with van der Waals surface area (Å²) >= 11 is 0. The molecule has 1 aromatic rings. The maximum absolute atomic E-state index is 12.0. The molecule has 0 aliphatic carbocycles. The maximum atomic E-state index is 12.0. The van der Waals surface area contributed by atoms with E-state index in [1.54, 1.807) is 11.1 Å². The molecule has 0 bridgehead atoms. The number of carbonyl (C=O) groups excluding carboxylic acids is 1. The summed E-state index contributed by atoms with van der Waals surface area (Å²) in [6.07, 6.45) is 3.61. The molecule has 0 fully saturated rings. The summed E-state index contributed by atoms with van der Waals surface area (Å²) in [5, 5.41) is 11.9. The Balaban J connectivity index is 2.46. The van der Waals surface area contributed by atoms with Gasteiger partial charge < -0.3 is 15.3 Å². The molecule has 0 spiro atoms. The van der Waals surface area contributed by atoms with Crippen LogP contribution in [-0.2, 0) is 9.59 Å². The van der Waals surface area contributed by atoms with E-state index in [9.17, 15) is 9.59 Å². The van der Waals surface area contributed by atoms with E-state index in [1.165, 1.54) is 0 Å². The van der Waals surface area contributed by atoms with Crippen molar-refractivity contribution in [1.29, 1.82) is 0 Å². The van der Waals surface area contributed by atoms with Gasteiger partial charge in [0.1, 0.15) is 5.82 Å². The Hall–Kier alpha value is -2.11. The first-order valence-corrected chi connectivity index (χ1v) is 7.70. The Morgan fingerprint density at radius 1 is 1.36 bits per heavy atom. The van der Waals surface area contributed by atoms with Gasteiger partial charge in [-0.05, 0) is 31.9 Å². The highest BCUT2D eigenvalue weighted by Crippen LogP contribution is 2.07. The molecule has 0 aliphatic rings. The van der Waals surface area contributed by atoms with Crippen LogP contribution in [0, 0.1) is 0 Å². The van der Waals surface area contributed by atoms with Gasteiger partial charge >= 0.3 is 5.97 Å². The van der Waals surface area contributed by atoms with Gasteiger partial charge in [0.15, 0.2) is 0 Å². The minimum atomic E-state index is -0.793. The molecule has 22 heavy (non-hydrogen) atoms. The molecule has 0 saturated carbocycles. The molecule has 0 aromatic carbocycles. The van der Waals surface area contributed by atoms with Crippen LogP contribution < -0.4 is 5.32 Å². The van der Waals surface area contributed by atoms with E-state index in [0.717, 1.165) is 5.82 Å². The molecule has 0 aliphatic heterocycles. The third kappa shape index (κ3) is 7.06. The SMILES string of the molecule is CCC(=O)N(CCCCC(=O)O)CC(C)Nc1ccccn1. The molecule has 1 atom stereocenters. The summed E-state index contributed by atoms with van der Waals surface area (Å²) in [7, 11) is 0. The fourth-order valence-electron chi connectivity index (χ4n) is 2.20. The van der Waals surface area contributed by atoms with Crippen LogP contribution in [0.1, 0.15) is 39.5 Å². The Kier molecular flexibility index (Phi) is 7.96. The number of pyridine rings is 1. The molecule has 6 nitrogen and oxygen atoms in total. The van der Waals surface area contributed by atoms with Gasteiger partial charge in [0.25, 0.3) is 0 Å². The van der Waals surface area contributed by atoms with Crippen molar-refractivity contribution in [2.24, 2.45) is 0 Å². The summed E-state index contributed by atoms with van der Waals surface area (Å²) < 4.78 is 0. The van der Waals surface area contributed by atoms with Crippen LogP contribution in [0.15, 0.2) is 24.4 Å². The lowest BCUT2D eigenvalue weighted by Gasteiger charge is -2.26. The number of hydrogen-bond donors (Lipinski definition) is 2. The smallest absolute Gasteiger partial charge is 0.303 e. The monoisotopic (exact) mass is 307 g/mol. The topological polar surface area (TPSA) is 82.5 Å². The summed E-state index contributed by atoms with van der Waals surface area (Å²) in [4.78, 5) is 28.5. The van der Waals surface area contributed by atoms with Gasteiger partial charge in [0, 0.05) is 38.2 Å². The zero-order valence-corrected chi connectivity index (χ0v) is 13.3. The van der Waals surface area contributed by atoms with Crippen molar-refractivity contribution in [3.8, 4) is 0 Å². The second kappa shape index (κ2) is 9.76. The number of rotatable bonds is 10. The lowest BCUT2D eigenvalue weighted by atomic mass is 10.2. The molecule has 6 heteroatoms. The molecule has 1 heterocycles. The van der Waals surface area contributed by atoms with E-state index in [-0.39, 0.29) is 18.4 Å². The fourth-order valence-corrected chi connectivity index (χ4v) is 2.20. The van der Waals surface area contributed by atoms with Crippen molar-refractivity contribution < 1.29 is 14.7 Å². The number of hydrogen-bond acceptors (Lipinski definition) is 4. The summed E-state index contributed by atoms with van der Waals surface area (Å²) in [6.45, 7) is 5.01. The fraction of sp³-hybridized carbons (Fsp3) is 0.562. The largest absolute Gasteiger partial charge is 0.481 e. The van der Waals surface area contributed by atoms with E-state index in [2.05, 4.69) is 10.3 Å². The first kappa shape index (κ1) is 17.9. The van der Waals surface area contributed by atoms with Crippen molar-refractivity contribution in [3.63, 3.8) is 0 Å². The van der Waals surface area contributed by atoms with Crippen LogP contribution in [0.3, 0.4) is 0 Å². The lowest BCUT2D eigenvalue weighted by molar-refractivity contribution is -0.137. The zero-order chi connectivity index (χ0) is 16.4. The summed E-state index contributed by atoms with van der Waals surface area (Å²) in [5.74, 6) is 0.0772. The summed E-state index contributed by atoms with van der Waals surface area (Å²) in [6, 6.07) is 5.72. The number of amides is 1. The number of carboxylic acid groups (broad SMARTS) is 1. The van der Waals surface area contributed by atoms with Crippen LogP contribution in [-0.4, -0.2) is 46.0 Å². The van der Waals surface area contributed by atoms with Gasteiger partial charge in [0.05, 0.1) is 0 Å². The quantitative estimate of drug-likeness (QED) is 0.648. The molecular formula is C16H25N3O3. The number of nitrogens with zero attached hydrogens (tertiary/aromatic N) is 2. The van der Waals surface area contributed by atoms with E-state index in [0.29, 0.717) is 32.4 Å². The van der Waals surface area contributed by atoms with Crippen LogP contribution in [0.4, 0.5) is 5.82 Å². The van der Waals surface area contributed by atoms with Gasteiger partial charge in [-0.1, -0.05) is 13.0 Å². The Morgan fingerprint density at radius 3 is 2.73 bits per heavy atom. The highest BCUT2D eigenvalue weighted by atomic mass is 16.4. The van der Waals surface area contributed by atoms with Crippen LogP contribution in [0.2, 0.25) is 0 Å². The molecule has 1 rings (SSSR count). The average Bonchev–Trinajstić information content (AvgIpc) is 2.50. The molecule has 122 valence electrons. The molecule has 0 saturated heterocycles. The van der Waals surface area contributed by atoms with E-state index in [1.807, 2.05) is 32.0 Å². The van der Waals surface area contributed by atoms with E-state index >= 15 is 0 Å². The van der Waals surface area contributed by atoms with Gasteiger partial charge in [-0.3, -0.25) is 9.59 Å². The Bertz CT molecular complexity index is 465. The standard InChI is InChI=1S/C16H25N3O3/c1-3-15(20)19(11-7-5-9-16(21)22)12-13(2)18-14-8-4-6-10-17-14/h4,6,8,10,13H,3,5,7,9,11-12H2,1-2H3,(H,17,18)(H,21,22). The number of unbranched alkanes of at least 4 members (excludes halogenated alkanes) is 1.